The summed E-state index contributed by atoms with van der Waals surface area (Å²) in [5.74, 6) is -4.04. The monoisotopic (exact) mass is 360 g/mol. The van der Waals surface area contributed by atoms with E-state index in [0.29, 0.717) is 17.0 Å². The predicted molar refractivity (Wildman–Crippen MR) is 88.7 cm³/mol. The van der Waals surface area contributed by atoms with Gasteiger partial charge in [0.1, 0.15) is 5.82 Å². The van der Waals surface area contributed by atoms with Gasteiger partial charge >= 0.3 is 5.97 Å². The molecule has 1 unspecified atom stereocenters. The molecule has 1 aromatic heterocycles. The van der Waals surface area contributed by atoms with E-state index < -0.39 is 36.2 Å². The third kappa shape index (κ3) is 3.64. The van der Waals surface area contributed by atoms with Crippen LogP contribution in [0, 0.1) is 11.6 Å². The third-order valence-electron chi connectivity index (χ3n) is 3.74. The molecular formula is C18H14F2N2O4. The van der Waals surface area contributed by atoms with E-state index >= 15 is 0 Å². The molecule has 26 heavy (non-hydrogen) atoms. The Labute approximate surface area is 146 Å². The summed E-state index contributed by atoms with van der Waals surface area (Å²) >= 11 is 0. The van der Waals surface area contributed by atoms with Crippen LogP contribution in [0.1, 0.15) is 11.6 Å². The fourth-order valence-corrected chi connectivity index (χ4v) is 2.54. The number of hydrogen-bond acceptors (Lipinski definition) is 3. The number of aromatic amines is 1. The van der Waals surface area contributed by atoms with Gasteiger partial charge in [-0.2, -0.15) is 0 Å². The SMILES string of the molecule is O=C(COc1ccc(F)cc1F)NC(C(=O)O)c1c[nH]c2ccccc12. The Morgan fingerprint density at radius 3 is 2.69 bits per heavy atom. The van der Waals surface area contributed by atoms with E-state index in [2.05, 4.69) is 10.3 Å². The molecule has 0 saturated carbocycles. The average molecular weight is 360 g/mol. The number of hydrogen-bond donors (Lipinski definition) is 3. The van der Waals surface area contributed by atoms with Crippen molar-refractivity contribution in [3.63, 3.8) is 0 Å². The first-order valence-corrected chi connectivity index (χ1v) is 7.61. The molecule has 134 valence electrons. The van der Waals surface area contributed by atoms with Crippen LogP contribution in [0.5, 0.6) is 5.75 Å². The van der Waals surface area contributed by atoms with E-state index in [0.717, 1.165) is 17.6 Å². The van der Waals surface area contributed by atoms with Crippen LogP contribution in [-0.2, 0) is 9.59 Å². The minimum atomic E-state index is -1.31. The Kier molecular flexibility index (Phi) is 4.83. The van der Waals surface area contributed by atoms with E-state index in [1.807, 2.05) is 0 Å². The van der Waals surface area contributed by atoms with Crippen molar-refractivity contribution in [3.8, 4) is 5.75 Å². The zero-order valence-electron chi connectivity index (χ0n) is 13.3. The molecule has 0 bridgehead atoms. The summed E-state index contributed by atoms with van der Waals surface area (Å²) in [6.45, 7) is -0.616. The van der Waals surface area contributed by atoms with Gasteiger partial charge < -0.3 is 20.1 Å². The van der Waals surface area contributed by atoms with E-state index in [1.165, 1.54) is 6.20 Å². The third-order valence-corrected chi connectivity index (χ3v) is 3.74. The van der Waals surface area contributed by atoms with Crippen LogP contribution in [0.15, 0.2) is 48.7 Å². The van der Waals surface area contributed by atoms with Gasteiger partial charge in [-0.15, -0.1) is 0 Å². The van der Waals surface area contributed by atoms with Crippen LogP contribution in [0.2, 0.25) is 0 Å². The van der Waals surface area contributed by atoms with Gasteiger partial charge in [0.25, 0.3) is 5.91 Å². The van der Waals surface area contributed by atoms with Gasteiger partial charge in [-0.25, -0.2) is 13.6 Å². The van der Waals surface area contributed by atoms with E-state index in [-0.39, 0.29) is 5.75 Å². The van der Waals surface area contributed by atoms with Crippen molar-refractivity contribution in [1.29, 1.82) is 0 Å². The molecule has 1 amide bonds. The van der Waals surface area contributed by atoms with E-state index in [1.54, 1.807) is 24.3 Å². The number of aliphatic carboxylic acids is 1. The predicted octanol–water partition coefficient (Wildman–Crippen LogP) is 2.77. The van der Waals surface area contributed by atoms with Crippen molar-refractivity contribution in [2.45, 2.75) is 6.04 Å². The standard InChI is InChI=1S/C18H14F2N2O4/c19-10-5-6-15(13(20)7-10)26-9-16(23)22-17(18(24)25)12-8-21-14-4-2-1-3-11(12)14/h1-8,17,21H,9H2,(H,22,23)(H,24,25). The van der Waals surface area contributed by atoms with Crippen molar-refractivity contribution in [3.05, 3.63) is 65.9 Å². The molecule has 0 radical (unpaired) electrons. The summed E-state index contributed by atoms with van der Waals surface area (Å²) in [7, 11) is 0. The molecule has 8 heteroatoms. The molecule has 3 aromatic rings. The fourth-order valence-electron chi connectivity index (χ4n) is 2.54. The lowest BCUT2D eigenvalue weighted by Crippen LogP contribution is -2.36. The smallest absolute Gasteiger partial charge is 0.330 e. The van der Waals surface area contributed by atoms with Gasteiger partial charge in [0.2, 0.25) is 0 Å². The zero-order valence-corrected chi connectivity index (χ0v) is 13.3. The first-order valence-electron chi connectivity index (χ1n) is 7.61. The summed E-state index contributed by atoms with van der Waals surface area (Å²) in [6.07, 6.45) is 1.50. The van der Waals surface area contributed by atoms with Gasteiger partial charge in [0.05, 0.1) is 0 Å². The van der Waals surface area contributed by atoms with Gasteiger partial charge in [0.15, 0.2) is 24.2 Å². The molecule has 0 aliphatic carbocycles. The van der Waals surface area contributed by atoms with Crippen molar-refractivity contribution in [2.75, 3.05) is 6.61 Å². The summed E-state index contributed by atoms with van der Waals surface area (Å²) < 4.78 is 31.3. The molecule has 0 saturated heterocycles. The van der Waals surface area contributed by atoms with E-state index in [4.69, 9.17) is 4.74 Å². The van der Waals surface area contributed by atoms with Crippen molar-refractivity contribution in [1.82, 2.24) is 10.3 Å². The molecule has 0 spiro atoms. The number of fused-ring (bicyclic) bond motifs is 1. The van der Waals surface area contributed by atoms with E-state index in [9.17, 15) is 23.5 Å². The number of benzene rings is 2. The normalized spacial score (nSPS) is 11.9. The quantitative estimate of drug-likeness (QED) is 0.630. The number of halogens is 2. The summed E-state index contributed by atoms with van der Waals surface area (Å²) in [4.78, 5) is 26.5. The van der Waals surface area contributed by atoms with Crippen LogP contribution >= 0.6 is 0 Å². The molecule has 2 aromatic carbocycles. The number of nitrogens with one attached hydrogen (secondary N) is 2. The zero-order chi connectivity index (χ0) is 18.7. The summed E-state index contributed by atoms with van der Waals surface area (Å²) in [5.41, 5.74) is 1.11. The number of carbonyl (C=O) groups is 2. The number of ether oxygens (including phenoxy) is 1. The van der Waals surface area contributed by atoms with Crippen LogP contribution in [0.4, 0.5) is 8.78 Å². The minimum absolute atomic E-state index is 0.305. The lowest BCUT2D eigenvalue weighted by Gasteiger charge is -2.14. The molecule has 0 fully saturated rings. The Hall–Kier alpha value is -3.42. The lowest BCUT2D eigenvalue weighted by atomic mass is 10.1. The Morgan fingerprint density at radius 2 is 1.96 bits per heavy atom. The summed E-state index contributed by atoms with van der Waals surface area (Å²) in [5, 5.41) is 12.4. The summed E-state index contributed by atoms with van der Waals surface area (Å²) in [6, 6.07) is 8.41. The molecule has 1 atom stereocenters. The first-order chi connectivity index (χ1) is 12.5. The number of aromatic nitrogens is 1. The number of carbonyl (C=O) groups excluding carboxylic acids is 1. The highest BCUT2D eigenvalue weighted by Gasteiger charge is 2.25. The van der Waals surface area contributed by atoms with Crippen molar-refractivity contribution in [2.24, 2.45) is 0 Å². The van der Waals surface area contributed by atoms with Gasteiger partial charge in [-0.3, -0.25) is 4.79 Å². The highest BCUT2D eigenvalue weighted by atomic mass is 19.1. The van der Waals surface area contributed by atoms with Gasteiger partial charge in [-0.05, 0) is 18.2 Å². The van der Waals surface area contributed by atoms with Gasteiger partial charge in [-0.1, -0.05) is 18.2 Å². The Bertz CT molecular complexity index is 971. The lowest BCUT2D eigenvalue weighted by molar-refractivity contribution is -0.142. The second-order valence-electron chi connectivity index (χ2n) is 5.49. The molecule has 1 heterocycles. The number of rotatable bonds is 6. The Morgan fingerprint density at radius 1 is 1.19 bits per heavy atom. The maximum absolute atomic E-state index is 13.5. The second-order valence-corrected chi connectivity index (χ2v) is 5.49. The number of amides is 1. The highest BCUT2D eigenvalue weighted by Crippen LogP contribution is 2.24. The topological polar surface area (TPSA) is 91.4 Å². The number of carboxylic acid groups (broad SMARTS) is 1. The second kappa shape index (κ2) is 7.22. The molecular weight excluding hydrogens is 346 g/mol. The molecule has 0 aliphatic heterocycles. The molecule has 6 nitrogen and oxygen atoms in total. The molecule has 3 N–H and O–H groups in total. The van der Waals surface area contributed by atoms with Crippen molar-refractivity contribution >= 4 is 22.8 Å². The van der Waals surface area contributed by atoms with Crippen LogP contribution in [0.3, 0.4) is 0 Å². The molecule has 0 aliphatic rings. The van der Waals surface area contributed by atoms with Crippen LogP contribution in [0.25, 0.3) is 10.9 Å². The number of H-pyrrole nitrogens is 1. The highest BCUT2D eigenvalue weighted by molar-refractivity contribution is 5.92. The van der Waals surface area contributed by atoms with Crippen LogP contribution in [-0.4, -0.2) is 28.6 Å². The largest absolute Gasteiger partial charge is 0.481 e. The fraction of sp³-hybridized carbons (Fsp3) is 0.111. The van der Waals surface area contributed by atoms with Crippen molar-refractivity contribution < 1.29 is 28.2 Å². The first kappa shape index (κ1) is 17.4. The maximum Gasteiger partial charge on any atom is 0.330 e. The number of carboxylic acids is 1. The Balaban J connectivity index is 1.72. The maximum atomic E-state index is 13.5. The molecule has 3 rings (SSSR count). The van der Waals surface area contributed by atoms with Crippen LogP contribution < -0.4 is 10.1 Å². The average Bonchev–Trinajstić information content (AvgIpc) is 3.02. The minimum Gasteiger partial charge on any atom is -0.481 e. The number of para-hydroxylation sites is 1. The van der Waals surface area contributed by atoms with Gasteiger partial charge in [0, 0.05) is 28.7 Å².